The molecule has 2 amide bonds. The van der Waals surface area contributed by atoms with E-state index in [1.54, 1.807) is 13.0 Å². The van der Waals surface area contributed by atoms with Crippen LogP contribution < -0.4 is 16.4 Å². The predicted molar refractivity (Wildman–Crippen MR) is 86.2 cm³/mol. The van der Waals surface area contributed by atoms with Gasteiger partial charge in [0, 0.05) is 30.3 Å². The first-order valence-electron chi connectivity index (χ1n) is 7.29. The number of carbonyl (C=O) groups is 2. The zero-order valence-electron chi connectivity index (χ0n) is 13.2. The summed E-state index contributed by atoms with van der Waals surface area (Å²) in [5.41, 5.74) is 8.22. The average molecular weight is 291 g/mol. The van der Waals surface area contributed by atoms with Crippen molar-refractivity contribution in [1.29, 1.82) is 0 Å². The first-order chi connectivity index (χ1) is 9.83. The monoisotopic (exact) mass is 291 g/mol. The van der Waals surface area contributed by atoms with Crippen molar-refractivity contribution in [2.75, 3.05) is 10.6 Å². The van der Waals surface area contributed by atoms with Crippen LogP contribution >= 0.6 is 0 Å². The lowest BCUT2D eigenvalue weighted by Crippen LogP contribution is -2.31. The van der Waals surface area contributed by atoms with Crippen molar-refractivity contribution in [3.63, 3.8) is 0 Å². The molecule has 0 aliphatic heterocycles. The Bertz CT molecular complexity index is 512. The zero-order valence-corrected chi connectivity index (χ0v) is 13.2. The molecule has 1 atom stereocenters. The predicted octanol–water partition coefficient (Wildman–Crippen LogP) is 2.66. The van der Waals surface area contributed by atoms with Crippen LogP contribution in [0.3, 0.4) is 0 Å². The van der Waals surface area contributed by atoms with Crippen molar-refractivity contribution in [1.82, 2.24) is 0 Å². The van der Waals surface area contributed by atoms with Gasteiger partial charge in [-0.15, -0.1) is 0 Å². The van der Waals surface area contributed by atoms with Crippen LogP contribution in [0.25, 0.3) is 0 Å². The minimum atomic E-state index is -0.159. The molecule has 0 aliphatic rings. The third-order valence-electron chi connectivity index (χ3n) is 3.39. The van der Waals surface area contributed by atoms with Crippen molar-refractivity contribution < 1.29 is 9.59 Å². The molecule has 0 aliphatic carbocycles. The van der Waals surface area contributed by atoms with Gasteiger partial charge in [-0.2, -0.15) is 0 Å². The van der Waals surface area contributed by atoms with Gasteiger partial charge in [0.05, 0.1) is 0 Å². The highest BCUT2D eigenvalue weighted by Gasteiger charge is 2.14. The van der Waals surface area contributed by atoms with Crippen LogP contribution in [0, 0.1) is 12.8 Å². The van der Waals surface area contributed by atoms with Crippen molar-refractivity contribution in [2.45, 2.75) is 46.6 Å². The first kappa shape index (κ1) is 17.2. The second-order valence-electron chi connectivity index (χ2n) is 5.59. The molecule has 0 fully saturated rings. The van der Waals surface area contributed by atoms with Crippen LogP contribution in [0.2, 0.25) is 0 Å². The van der Waals surface area contributed by atoms with Crippen LogP contribution in [0.15, 0.2) is 18.2 Å². The highest BCUT2D eigenvalue weighted by atomic mass is 16.2. The molecule has 0 aromatic heterocycles. The number of hydrogen-bond acceptors (Lipinski definition) is 3. The van der Waals surface area contributed by atoms with E-state index in [1.807, 2.05) is 32.9 Å². The Hall–Kier alpha value is -1.88. The normalized spacial score (nSPS) is 12.1. The van der Waals surface area contributed by atoms with Crippen molar-refractivity contribution >= 4 is 23.2 Å². The van der Waals surface area contributed by atoms with Gasteiger partial charge in [0.15, 0.2) is 0 Å². The summed E-state index contributed by atoms with van der Waals surface area (Å²) in [5.74, 6) is 0.0863. The van der Waals surface area contributed by atoms with Crippen molar-refractivity contribution in [3.8, 4) is 0 Å². The van der Waals surface area contributed by atoms with Crippen molar-refractivity contribution in [3.05, 3.63) is 23.8 Å². The molecule has 5 heteroatoms. The smallest absolute Gasteiger partial charge is 0.225 e. The molecular formula is C16H25N3O2. The number of rotatable bonds is 6. The summed E-state index contributed by atoms with van der Waals surface area (Å²) in [6, 6.07) is 5.29. The van der Waals surface area contributed by atoms with E-state index in [1.165, 1.54) is 0 Å². The molecule has 0 saturated heterocycles. The van der Waals surface area contributed by atoms with E-state index >= 15 is 0 Å². The SMILES string of the molecule is CCC(=O)Nc1ccc(C)c(NC(=O)CC(N)C(C)C)c1. The average Bonchev–Trinajstić information content (AvgIpc) is 2.42. The standard InChI is InChI=1S/C16H25N3O2/c1-5-15(20)18-12-7-6-11(4)14(8-12)19-16(21)9-13(17)10(2)3/h6-8,10,13H,5,9,17H2,1-4H3,(H,18,20)(H,19,21). The quantitative estimate of drug-likeness (QED) is 0.753. The topological polar surface area (TPSA) is 84.2 Å². The van der Waals surface area contributed by atoms with E-state index in [2.05, 4.69) is 10.6 Å². The second kappa shape index (κ2) is 7.78. The summed E-state index contributed by atoms with van der Waals surface area (Å²) in [6.45, 7) is 7.68. The first-order valence-corrected chi connectivity index (χ1v) is 7.29. The Balaban J connectivity index is 2.75. The third-order valence-corrected chi connectivity index (χ3v) is 3.39. The Morgan fingerprint density at radius 3 is 2.43 bits per heavy atom. The van der Waals surface area contributed by atoms with E-state index < -0.39 is 0 Å². The van der Waals surface area contributed by atoms with Gasteiger partial charge >= 0.3 is 0 Å². The second-order valence-corrected chi connectivity index (χ2v) is 5.59. The summed E-state index contributed by atoms with van der Waals surface area (Å²) in [6.07, 6.45) is 0.696. The molecule has 0 radical (unpaired) electrons. The van der Waals surface area contributed by atoms with Crippen LogP contribution in [-0.2, 0) is 9.59 Å². The number of nitrogens with two attached hydrogens (primary N) is 1. The van der Waals surface area contributed by atoms with Gasteiger partial charge in [-0.3, -0.25) is 9.59 Å². The number of nitrogens with one attached hydrogen (secondary N) is 2. The minimum Gasteiger partial charge on any atom is -0.327 e. The molecule has 1 unspecified atom stereocenters. The number of benzene rings is 1. The molecule has 0 bridgehead atoms. The zero-order chi connectivity index (χ0) is 16.0. The molecule has 1 aromatic rings. The van der Waals surface area contributed by atoms with Gasteiger partial charge in [0.1, 0.15) is 0 Å². The van der Waals surface area contributed by atoms with Gasteiger partial charge in [-0.1, -0.05) is 26.8 Å². The molecule has 4 N–H and O–H groups in total. The highest BCUT2D eigenvalue weighted by Crippen LogP contribution is 2.21. The minimum absolute atomic E-state index is 0.0574. The fourth-order valence-corrected chi connectivity index (χ4v) is 1.73. The van der Waals surface area contributed by atoms with Gasteiger partial charge in [0.25, 0.3) is 0 Å². The molecule has 1 aromatic carbocycles. The fraction of sp³-hybridized carbons (Fsp3) is 0.500. The summed E-state index contributed by atoms with van der Waals surface area (Å²) in [7, 11) is 0. The third kappa shape index (κ3) is 5.55. The molecule has 0 spiro atoms. The van der Waals surface area contributed by atoms with Gasteiger partial charge < -0.3 is 16.4 Å². The molecule has 116 valence electrons. The van der Waals surface area contributed by atoms with E-state index in [9.17, 15) is 9.59 Å². The number of anilines is 2. The summed E-state index contributed by atoms with van der Waals surface area (Å²) < 4.78 is 0. The number of carbonyl (C=O) groups excluding carboxylic acids is 2. The lowest BCUT2D eigenvalue weighted by atomic mass is 10.0. The summed E-state index contributed by atoms with van der Waals surface area (Å²) in [4.78, 5) is 23.4. The van der Waals surface area contributed by atoms with E-state index in [0.29, 0.717) is 17.8 Å². The van der Waals surface area contributed by atoms with Crippen LogP contribution in [0.4, 0.5) is 11.4 Å². The Kier molecular flexibility index (Phi) is 6.37. The summed E-state index contributed by atoms with van der Waals surface area (Å²) in [5, 5.41) is 5.63. The summed E-state index contributed by atoms with van der Waals surface area (Å²) >= 11 is 0. The lowest BCUT2D eigenvalue weighted by Gasteiger charge is -2.16. The van der Waals surface area contributed by atoms with E-state index in [-0.39, 0.29) is 30.2 Å². The van der Waals surface area contributed by atoms with E-state index in [0.717, 1.165) is 5.56 Å². The fourth-order valence-electron chi connectivity index (χ4n) is 1.73. The number of hydrogen-bond donors (Lipinski definition) is 3. The maximum atomic E-state index is 12.0. The maximum absolute atomic E-state index is 12.0. The largest absolute Gasteiger partial charge is 0.327 e. The molecule has 21 heavy (non-hydrogen) atoms. The van der Waals surface area contributed by atoms with Crippen LogP contribution in [0.5, 0.6) is 0 Å². The molecule has 0 heterocycles. The molecule has 0 saturated carbocycles. The maximum Gasteiger partial charge on any atom is 0.225 e. The lowest BCUT2D eigenvalue weighted by molar-refractivity contribution is -0.117. The Labute approximate surface area is 126 Å². The van der Waals surface area contributed by atoms with Crippen molar-refractivity contribution in [2.24, 2.45) is 11.7 Å². The Morgan fingerprint density at radius 1 is 1.19 bits per heavy atom. The molecular weight excluding hydrogens is 266 g/mol. The highest BCUT2D eigenvalue weighted by molar-refractivity contribution is 5.94. The van der Waals surface area contributed by atoms with E-state index in [4.69, 9.17) is 5.73 Å². The van der Waals surface area contributed by atoms with Gasteiger partial charge in [-0.05, 0) is 30.5 Å². The van der Waals surface area contributed by atoms with Crippen LogP contribution in [-0.4, -0.2) is 17.9 Å². The van der Waals surface area contributed by atoms with Gasteiger partial charge in [0.2, 0.25) is 11.8 Å². The number of amides is 2. The van der Waals surface area contributed by atoms with Gasteiger partial charge in [-0.25, -0.2) is 0 Å². The molecule has 1 rings (SSSR count). The van der Waals surface area contributed by atoms with Crippen LogP contribution in [0.1, 0.15) is 39.2 Å². The molecule has 5 nitrogen and oxygen atoms in total. The Morgan fingerprint density at radius 2 is 1.86 bits per heavy atom. The number of aryl methyl sites for hydroxylation is 1.